The first-order valence-electron chi connectivity index (χ1n) is 6.90. The van der Waals surface area contributed by atoms with Crippen LogP contribution in [0.2, 0.25) is 0 Å². The van der Waals surface area contributed by atoms with Gasteiger partial charge in [0.05, 0.1) is 5.56 Å². The van der Waals surface area contributed by atoms with E-state index in [1.807, 2.05) is 0 Å². The van der Waals surface area contributed by atoms with Gasteiger partial charge in [-0.2, -0.15) is 13.2 Å². The van der Waals surface area contributed by atoms with Gasteiger partial charge in [-0.05, 0) is 48.9 Å². The van der Waals surface area contributed by atoms with Crippen molar-refractivity contribution in [1.82, 2.24) is 9.65 Å². The number of amides is 2. The SMILES string of the molecule is O=C1N(c2cccc(C(F)(F)F)c2)C(C2CC2)N(SC(Cl)Cl)N1F. The smallest absolute Gasteiger partial charge is 0.272 e. The van der Waals surface area contributed by atoms with Gasteiger partial charge < -0.3 is 0 Å². The third kappa shape index (κ3) is 3.40. The van der Waals surface area contributed by atoms with Gasteiger partial charge in [-0.25, -0.2) is 4.79 Å². The molecular formula is C13H11Cl2F4N3OS. The van der Waals surface area contributed by atoms with Crippen LogP contribution in [0.3, 0.4) is 0 Å². The predicted molar refractivity (Wildman–Crippen MR) is 83.7 cm³/mol. The van der Waals surface area contributed by atoms with Crippen molar-refractivity contribution in [3.8, 4) is 0 Å². The van der Waals surface area contributed by atoms with Crippen LogP contribution in [-0.4, -0.2) is 26.0 Å². The molecule has 1 aliphatic heterocycles. The number of nitrogens with zero attached hydrogens (tertiary/aromatic N) is 3. The van der Waals surface area contributed by atoms with Gasteiger partial charge in [0.15, 0.2) is 4.17 Å². The number of hydrazine groups is 1. The molecule has 1 atom stereocenters. The molecule has 1 unspecified atom stereocenters. The van der Waals surface area contributed by atoms with Crippen molar-refractivity contribution in [2.24, 2.45) is 5.92 Å². The molecule has 132 valence electrons. The molecule has 3 rings (SSSR count). The van der Waals surface area contributed by atoms with Crippen LogP contribution < -0.4 is 4.90 Å². The second-order valence-electron chi connectivity index (χ2n) is 5.38. The molecule has 0 radical (unpaired) electrons. The van der Waals surface area contributed by atoms with E-state index in [0.29, 0.717) is 11.9 Å². The van der Waals surface area contributed by atoms with Crippen LogP contribution in [0.4, 0.5) is 28.1 Å². The van der Waals surface area contributed by atoms with E-state index in [-0.39, 0.29) is 16.8 Å². The topological polar surface area (TPSA) is 26.8 Å². The third-order valence-corrected chi connectivity index (χ3v) is 4.92. The summed E-state index contributed by atoms with van der Waals surface area (Å²) in [5, 5.41) is -0.161. The molecule has 2 aliphatic rings. The molecule has 1 saturated carbocycles. The van der Waals surface area contributed by atoms with Crippen LogP contribution in [0.25, 0.3) is 0 Å². The average molecular weight is 404 g/mol. The molecule has 2 fully saturated rings. The molecule has 1 aromatic carbocycles. The summed E-state index contributed by atoms with van der Waals surface area (Å²) in [5.74, 6) is -0.0659. The molecule has 24 heavy (non-hydrogen) atoms. The molecule has 1 saturated heterocycles. The highest BCUT2D eigenvalue weighted by Gasteiger charge is 2.53. The van der Waals surface area contributed by atoms with E-state index < -0.39 is 28.1 Å². The summed E-state index contributed by atoms with van der Waals surface area (Å²) in [6, 6.07) is 3.16. The number of halogens is 6. The van der Waals surface area contributed by atoms with Crippen LogP contribution in [0, 0.1) is 5.92 Å². The molecular weight excluding hydrogens is 393 g/mol. The number of carbonyl (C=O) groups excluding carboxylic acids is 1. The summed E-state index contributed by atoms with van der Waals surface area (Å²) in [6.45, 7) is 0. The molecule has 1 aromatic rings. The first-order chi connectivity index (χ1) is 11.2. The number of hydrogen-bond acceptors (Lipinski definition) is 3. The molecule has 4 nitrogen and oxygen atoms in total. The van der Waals surface area contributed by atoms with Crippen molar-refractivity contribution >= 4 is 46.9 Å². The summed E-state index contributed by atoms with van der Waals surface area (Å²) >= 11 is 12.0. The molecule has 2 amide bonds. The van der Waals surface area contributed by atoms with E-state index in [4.69, 9.17) is 23.2 Å². The summed E-state index contributed by atoms with van der Waals surface area (Å²) in [6.07, 6.45) is -3.88. The van der Waals surface area contributed by atoms with Gasteiger partial charge in [-0.3, -0.25) is 4.90 Å². The highest BCUT2D eigenvalue weighted by Crippen LogP contribution is 2.47. The van der Waals surface area contributed by atoms with Gasteiger partial charge >= 0.3 is 12.2 Å². The molecule has 0 bridgehead atoms. The minimum Gasteiger partial charge on any atom is -0.272 e. The Hall–Kier alpha value is -0.900. The summed E-state index contributed by atoms with van der Waals surface area (Å²) in [7, 11) is 0. The highest BCUT2D eigenvalue weighted by atomic mass is 35.5. The molecule has 1 aliphatic carbocycles. The average Bonchev–Trinajstić information content (AvgIpc) is 3.29. The van der Waals surface area contributed by atoms with Gasteiger partial charge in [0.2, 0.25) is 0 Å². The van der Waals surface area contributed by atoms with E-state index in [1.54, 1.807) is 0 Å². The normalized spacial score (nSPS) is 22.8. The molecule has 1 heterocycles. The van der Waals surface area contributed by atoms with Crippen LogP contribution in [-0.2, 0) is 6.18 Å². The van der Waals surface area contributed by atoms with E-state index in [9.17, 15) is 22.4 Å². The minimum atomic E-state index is -4.56. The van der Waals surface area contributed by atoms with Crippen molar-refractivity contribution < 1.29 is 22.4 Å². The fraction of sp³-hybridized carbons (Fsp3) is 0.462. The fourth-order valence-corrected chi connectivity index (χ4v) is 3.75. The number of rotatable bonds is 4. The maximum absolute atomic E-state index is 14.3. The van der Waals surface area contributed by atoms with E-state index >= 15 is 0 Å². The van der Waals surface area contributed by atoms with Gasteiger partial charge in [-0.1, -0.05) is 39.0 Å². The number of urea groups is 1. The summed E-state index contributed by atoms with van der Waals surface area (Å²) in [5.41, 5.74) is -0.940. The largest absolute Gasteiger partial charge is 0.416 e. The maximum atomic E-state index is 14.3. The molecule has 0 spiro atoms. The Balaban J connectivity index is 1.98. The second kappa shape index (κ2) is 6.44. The van der Waals surface area contributed by atoms with Gasteiger partial charge in [0, 0.05) is 5.69 Å². The Kier molecular flexibility index (Phi) is 4.80. The quantitative estimate of drug-likeness (QED) is 0.299. The Labute approximate surface area is 149 Å². The minimum absolute atomic E-state index is 0.0295. The predicted octanol–water partition coefficient (Wildman–Crippen LogP) is 5.19. The van der Waals surface area contributed by atoms with Crippen molar-refractivity contribution in [2.75, 3.05) is 4.90 Å². The highest BCUT2D eigenvalue weighted by molar-refractivity contribution is 8.00. The number of anilines is 1. The monoisotopic (exact) mass is 403 g/mol. The third-order valence-electron chi connectivity index (χ3n) is 3.71. The Morgan fingerprint density at radius 1 is 1.25 bits per heavy atom. The second-order valence-corrected chi connectivity index (χ2v) is 8.05. The van der Waals surface area contributed by atoms with Gasteiger partial charge in [-0.15, -0.1) is 4.41 Å². The number of benzene rings is 1. The van der Waals surface area contributed by atoms with Crippen molar-refractivity contribution in [3.63, 3.8) is 0 Å². The number of alkyl halides is 5. The lowest BCUT2D eigenvalue weighted by atomic mass is 10.1. The van der Waals surface area contributed by atoms with Crippen LogP contribution in [0.15, 0.2) is 24.3 Å². The van der Waals surface area contributed by atoms with E-state index in [2.05, 4.69) is 0 Å². The lowest BCUT2D eigenvalue weighted by Gasteiger charge is -2.27. The zero-order chi connectivity index (χ0) is 17.6. The van der Waals surface area contributed by atoms with E-state index in [0.717, 1.165) is 34.3 Å². The standard InChI is InChI=1S/C13H11Cl2F4N3OS/c14-11(15)24-22-10(7-4-5-7)20(12(23)21(22)19)9-3-1-2-8(6-9)13(16,17)18/h1-3,6-7,10-11H,4-5H2. The Bertz CT molecular complexity index is 644. The van der Waals surface area contributed by atoms with Crippen LogP contribution in [0.5, 0.6) is 0 Å². The Morgan fingerprint density at radius 2 is 1.92 bits per heavy atom. The lowest BCUT2D eigenvalue weighted by molar-refractivity contribution is -0.137. The zero-order valence-corrected chi connectivity index (χ0v) is 14.2. The van der Waals surface area contributed by atoms with Crippen molar-refractivity contribution in [2.45, 2.75) is 29.4 Å². The lowest BCUT2D eigenvalue weighted by Crippen LogP contribution is -2.39. The molecule has 11 heteroatoms. The Morgan fingerprint density at radius 3 is 2.46 bits per heavy atom. The first-order valence-corrected chi connectivity index (χ1v) is 8.61. The number of carbonyl (C=O) groups is 1. The number of hydrogen-bond donors (Lipinski definition) is 0. The van der Waals surface area contributed by atoms with E-state index in [1.165, 1.54) is 12.1 Å². The fourth-order valence-electron chi connectivity index (χ4n) is 2.56. The summed E-state index contributed by atoms with van der Waals surface area (Å²) in [4.78, 5) is 13.3. The van der Waals surface area contributed by atoms with Crippen LogP contribution >= 0.6 is 35.1 Å². The maximum Gasteiger partial charge on any atom is 0.416 e. The van der Waals surface area contributed by atoms with Crippen molar-refractivity contribution in [1.29, 1.82) is 0 Å². The first kappa shape index (κ1) is 17.9. The zero-order valence-electron chi connectivity index (χ0n) is 11.9. The molecule has 0 aromatic heterocycles. The molecule has 0 N–H and O–H groups in total. The van der Waals surface area contributed by atoms with Gasteiger partial charge in [0.1, 0.15) is 6.17 Å². The van der Waals surface area contributed by atoms with Crippen molar-refractivity contribution in [3.05, 3.63) is 29.8 Å². The van der Waals surface area contributed by atoms with Crippen LogP contribution in [0.1, 0.15) is 18.4 Å². The summed E-state index contributed by atoms with van der Waals surface area (Å²) < 4.78 is 52.9. The van der Waals surface area contributed by atoms with Gasteiger partial charge in [0.25, 0.3) is 0 Å².